The van der Waals surface area contributed by atoms with E-state index in [1.807, 2.05) is 0 Å². The van der Waals surface area contributed by atoms with Crippen LogP contribution in [0.3, 0.4) is 0 Å². The molecule has 0 aromatic heterocycles. The molecule has 0 saturated heterocycles. The van der Waals surface area contributed by atoms with Crippen molar-refractivity contribution >= 4 is 62.1 Å². The van der Waals surface area contributed by atoms with Crippen LogP contribution < -0.4 is 19.5 Å². The molecule has 2 N–H and O–H groups in total. The Labute approximate surface area is 200 Å². The molecule has 0 saturated carbocycles. The minimum absolute atomic E-state index is 0.00644. The van der Waals surface area contributed by atoms with Gasteiger partial charge in [-0.3, -0.25) is 9.52 Å². The number of carbonyl (C=O) groups excluding carboxylic acids is 1. The highest BCUT2D eigenvalue weighted by molar-refractivity contribution is 7.92. The number of sulfonamides is 1. The molecule has 0 fully saturated rings. The third-order valence-electron chi connectivity index (χ3n) is 4.11. The van der Waals surface area contributed by atoms with Crippen molar-refractivity contribution < 1.29 is 22.7 Å². The van der Waals surface area contributed by atoms with Crippen LogP contribution >= 0.6 is 34.8 Å². The minimum Gasteiger partial charge on any atom is -0.495 e. The molecule has 0 aliphatic heterocycles. The van der Waals surface area contributed by atoms with E-state index >= 15 is 0 Å². The Bertz CT molecular complexity index is 1230. The number of amides is 1. The predicted octanol–water partition coefficient (Wildman–Crippen LogP) is 5.47. The molecule has 0 unspecified atom stereocenters. The molecule has 1 amide bonds. The van der Waals surface area contributed by atoms with Crippen molar-refractivity contribution in [1.82, 2.24) is 0 Å². The number of rotatable bonds is 8. The Balaban J connectivity index is 1.61. The average molecular weight is 516 g/mol. The number of anilines is 2. The Morgan fingerprint density at radius 3 is 2.31 bits per heavy atom. The quantitative estimate of drug-likeness (QED) is 0.415. The van der Waals surface area contributed by atoms with E-state index in [9.17, 15) is 13.2 Å². The van der Waals surface area contributed by atoms with Crippen LogP contribution in [0, 0.1) is 0 Å². The molecule has 7 nitrogen and oxygen atoms in total. The van der Waals surface area contributed by atoms with E-state index in [1.165, 1.54) is 49.6 Å². The number of nitrogens with one attached hydrogen (secondary N) is 2. The van der Waals surface area contributed by atoms with Crippen molar-refractivity contribution in [2.24, 2.45) is 0 Å². The number of benzene rings is 3. The van der Waals surface area contributed by atoms with Gasteiger partial charge < -0.3 is 14.8 Å². The lowest BCUT2D eigenvalue weighted by atomic mass is 10.3. The summed E-state index contributed by atoms with van der Waals surface area (Å²) in [6, 6.07) is 14.8. The SMILES string of the molecule is COc1ccc(NS(=O)(=O)c2ccc(OCC(=O)Nc3cc(Cl)ccc3Cl)cc2)cc1Cl. The topological polar surface area (TPSA) is 93.7 Å². The van der Waals surface area contributed by atoms with E-state index in [0.29, 0.717) is 27.2 Å². The van der Waals surface area contributed by atoms with Gasteiger partial charge in [0.2, 0.25) is 0 Å². The summed E-state index contributed by atoms with van der Waals surface area (Å²) < 4.78 is 38.1. The molecule has 168 valence electrons. The number of ether oxygens (including phenoxy) is 2. The largest absolute Gasteiger partial charge is 0.495 e. The molecule has 0 aliphatic carbocycles. The Kier molecular flexibility index (Phi) is 7.73. The lowest BCUT2D eigenvalue weighted by molar-refractivity contribution is -0.118. The van der Waals surface area contributed by atoms with Gasteiger partial charge in [0.25, 0.3) is 15.9 Å². The zero-order chi connectivity index (χ0) is 23.3. The predicted molar refractivity (Wildman–Crippen MR) is 126 cm³/mol. The van der Waals surface area contributed by atoms with Crippen molar-refractivity contribution in [2.45, 2.75) is 4.90 Å². The average Bonchev–Trinajstić information content (AvgIpc) is 2.75. The maximum atomic E-state index is 12.6. The van der Waals surface area contributed by atoms with Crippen molar-refractivity contribution in [2.75, 3.05) is 23.8 Å². The summed E-state index contributed by atoms with van der Waals surface area (Å²) in [7, 11) is -2.40. The molecule has 32 heavy (non-hydrogen) atoms. The summed E-state index contributed by atoms with van der Waals surface area (Å²) in [5.41, 5.74) is 0.645. The van der Waals surface area contributed by atoms with Crippen LogP contribution in [0.4, 0.5) is 11.4 Å². The highest BCUT2D eigenvalue weighted by atomic mass is 35.5. The summed E-state index contributed by atoms with van der Waals surface area (Å²) >= 11 is 17.9. The fourth-order valence-electron chi connectivity index (χ4n) is 2.59. The van der Waals surface area contributed by atoms with Crippen molar-refractivity contribution in [3.8, 4) is 11.5 Å². The van der Waals surface area contributed by atoms with E-state index < -0.39 is 15.9 Å². The first-order chi connectivity index (χ1) is 15.2. The maximum Gasteiger partial charge on any atom is 0.262 e. The molecule has 0 heterocycles. The molecule has 11 heteroatoms. The molecule has 3 aromatic carbocycles. The molecule has 0 radical (unpaired) electrons. The fourth-order valence-corrected chi connectivity index (χ4v) is 4.23. The van der Waals surface area contributed by atoms with Crippen LogP contribution in [-0.2, 0) is 14.8 Å². The van der Waals surface area contributed by atoms with Gasteiger partial charge in [0, 0.05) is 5.02 Å². The Hall–Kier alpha value is -2.65. The number of hydrogen-bond acceptors (Lipinski definition) is 5. The number of halogens is 3. The molecule has 0 aliphatic rings. The van der Waals surface area contributed by atoms with Crippen LogP contribution in [-0.4, -0.2) is 28.0 Å². The van der Waals surface area contributed by atoms with Gasteiger partial charge in [0.15, 0.2) is 6.61 Å². The Morgan fingerprint density at radius 2 is 1.66 bits per heavy atom. The lowest BCUT2D eigenvalue weighted by Gasteiger charge is -2.11. The molecule has 0 bridgehead atoms. The summed E-state index contributed by atoms with van der Waals surface area (Å²) in [6.07, 6.45) is 0. The second-order valence-corrected chi connectivity index (χ2v) is 9.32. The third-order valence-corrected chi connectivity index (χ3v) is 6.37. The first-order valence-corrected chi connectivity index (χ1v) is 11.6. The molecule has 0 atom stereocenters. The van der Waals surface area contributed by atoms with Gasteiger partial charge in [0.05, 0.1) is 33.4 Å². The van der Waals surface area contributed by atoms with Crippen molar-refractivity contribution in [3.05, 3.63) is 75.7 Å². The second kappa shape index (κ2) is 10.3. The zero-order valence-electron chi connectivity index (χ0n) is 16.6. The number of carbonyl (C=O) groups is 1. The molecule has 3 rings (SSSR count). The van der Waals surface area contributed by atoms with Crippen LogP contribution in [0.15, 0.2) is 65.6 Å². The summed E-state index contributed by atoms with van der Waals surface area (Å²) in [5.74, 6) is 0.283. The first kappa shape index (κ1) is 24.0. The first-order valence-electron chi connectivity index (χ1n) is 9.02. The fraction of sp³-hybridized carbons (Fsp3) is 0.0952. The molecular weight excluding hydrogens is 499 g/mol. The van der Waals surface area contributed by atoms with Gasteiger partial charge in [-0.15, -0.1) is 0 Å². The minimum atomic E-state index is -3.86. The standard InChI is InChI=1S/C21H17Cl3N2O5S/c1-30-20-9-3-14(11-18(20)24)26-32(28,29)16-6-4-15(5-7-16)31-12-21(27)25-19-10-13(22)2-8-17(19)23/h2-11,26H,12H2,1H3,(H,25,27). The van der Waals surface area contributed by atoms with Gasteiger partial charge in [-0.2, -0.15) is 0 Å². The van der Waals surface area contributed by atoms with E-state index in [-0.39, 0.29) is 22.2 Å². The molecular formula is C21H17Cl3N2O5S. The van der Waals surface area contributed by atoms with Gasteiger partial charge in [-0.1, -0.05) is 34.8 Å². The van der Waals surface area contributed by atoms with Crippen LogP contribution in [0.1, 0.15) is 0 Å². The van der Waals surface area contributed by atoms with Crippen molar-refractivity contribution in [1.29, 1.82) is 0 Å². The van der Waals surface area contributed by atoms with Gasteiger partial charge in [0.1, 0.15) is 11.5 Å². The number of methoxy groups -OCH3 is 1. The number of hydrogen-bond donors (Lipinski definition) is 2. The summed E-state index contributed by atoms with van der Waals surface area (Å²) in [5, 5.41) is 3.62. The van der Waals surface area contributed by atoms with Gasteiger partial charge in [-0.05, 0) is 60.7 Å². The lowest BCUT2D eigenvalue weighted by Crippen LogP contribution is -2.20. The highest BCUT2D eigenvalue weighted by Gasteiger charge is 2.15. The Morgan fingerprint density at radius 1 is 0.938 bits per heavy atom. The third kappa shape index (κ3) is 6.20. The van der Waals surface area contributed by atoms with Gasteiger partial charge in [-0.25, -0.2) is 8.42 Å². The van der Waals surface area contributed by atoms with E-state index in [1.54, 1.807) is 18.2 Å². The van der Waals surface area contributed by atoms with Gasteiger partial charge >= 0.3 is 0 Å². The van der Waals surface area contributed by atoms with Crippen LogP contribution in [0.25, 0.3) is 0 Å². The van der Waals surface area contributed by atoms with E-state index in [0.717, 1.165) is 0 Å². The highest BCUT2D eigenvalue weighted by Crippen LogP contribution is 2.29. The maximum absolute atomic E-state index is 12.6. The van der Waals surface area contributed by atoms with E-state index in [2.05, 4.69) is 10.0 Å². The normalized spacial score (nSPS) is 11.0. The van der Waals surface area contributed by atoms with Crippen LogP contribution in [0.5, 0.6) is 11.5 Å². The second-order valence-electron chi connectivity index (χ2n) is 6.39. The van der Waals surface area contributed by atoms with Crippen LogP contribution in [0.2, 0.25) is 15.1 Å². The summed E-state index contributed by atoms with van der Waals surface area (Å²) in [6.45, 7) is -0.308. The summed E-state index contributed by atoms with van der Waals surface area (Å²) in [4.78, 5) is 12.1. The van der Waals surface area contributed by atoms with Crippen molar-refractivity contribution in [3.63, 3.8) is 0 Å². The van der Waals surface area contributed by atoms with E-state index in [4.69, 9.17) is 44.3 Å². The molecule has 3 aromatic rings. The smallest absolute Gasteiger partial charge is 0.262 e. The zero-order valence-corrected chi connectivity index (χ0v) is 19.6. The monoisotopic (exact) mass is 514 g/mol. The molecule has 0 spiro atoms.